The Morgan fingerprint density at radius 3 is 2.80 bits per heavy atom. The zero-order valence-electron chi connectivity index (χ0n) is 15.6. The fourth-order valence-electron chi connectivity index (χ4n) is 3.15. The molecule has 0 aliphatic carbocycles. The molecular formula is C23H13ClO5S. The minimum Gasteiger partial charge on any atom is -0.452 e. The van der Waals surface area contributed by atoms with Crippen molar-refractivity contribution in [3.8, 4) is 11.5 Å². The van der Waals surface area contributed by atoms with E-state index in [1.54, 1.807) is 42.5 Å². The molecule has 0 N–H and O–H groups in total. The maximum absolute atomic E-state index is 12.6. The molecule has 4 aromatic rings. The largest absolute Gasteiger partial charge is 0.452 e. The average molecular weight is 437 g/mol. The summed E-state index contributed by atoms with van der Waals surface area (Å²) in [5.41, 5.74) is 2.03. The molecule has 0 saturated heterocycles. The molecule has 3 heterocycles. The smallest absolute Gasteiger partial charge is 0.379 e. The topological polar surface area (TPSA) is 65.7 Å². The van der Waals surface area contributed by atoms with Gasteiger partial charge in [0, 0.05) is 27.4 Å². The number of hydrogen-bond donors (Lipinski definition) is 0. The predicted molar refractivity (Wildman–Crippen MR) is 115 cm³/mol. The van der Waals surface area contributed by atoms with Crippen LogP contribution in [0.15, 0.2) is 64.1 Å². The van der Waals surface area contributed by atoms with Gasteiger partial charge < -0.3 is 13.9 Å². The van der Waals surface area contributed by atoms with Crippen molar-refractivity contribution in [2.45, 2.75) is 6.92 Å². The molecule has 1 aliphatic rings. The van der Waals surface area contributed by atoms with Crippen molar-refractivity contribution in [2.75, 3.05) is 0 Å². The second kappa shape index (κ2) is 7.16. The molecule has 0 fully saturated rings. The standard InChI is InChI=1S/C23H13ClO5S/c1-12-6-7-30-21(12)11-19-22(25)16-4-3-15(10-18(16)29-19)27-23(26)20-9-13-8-14(24)2-5-17(13)28-20/h2-11H,1H3/b19-11-. The molecule has 5 nitrogen and oxygen atoms in total. The first-order valence-corrected chi connectivity index (χ1v) is 10.3. The van der Waals surface area contributed by atoms with E-state index in [-0.39, 0.29) is 23.1 Å². The van der Waals surface area contributed by atoms with E-state index in [1.807, 2.05) is 18.4 Å². The Morgan fingerprint density at radius 2 is 2.00 bits per heavy atom. The van der Waals surface area contributed by atoms with Crippen LogP contribution in [0.2, 0.25) is 5.02 Å². The van der Waals surface area contributed by atoms with Crippen molar-refractivity contribution in [1.82, 2.24) is 0 Å². The van der Waals surface area contributed by atoms with Crippen molar-refractivity contribution < 1.29 is 23.5 Å². The molecule has 0 amide bonds. The second-order valence-electron chi connectivity index (χ2n) is 6.75. The Labute approximate surface area is 180 Å². The minimum atomic E-state index is -0.656. The number of carbonyl (C=O) groups excluding carboxylic acids is 2. The zero-order valence-corrected chi connectivity index (χ0v) is 17.2. The number of allylic oxidation sites excluding steroid dienone is 1. The SMILES string of the molecule is Cc1ccsc1/C=C1\Oc2cc(OC(=O)c3cc4cc(Cl)ccc4o3)ccc2C1=O. The van der Waals surface area contributed by atoms with Gasteiger partial charge in [-0.05, 0) is 60.3 Å². The Morgan fingerprint density at radius 1 is 1.13 bits per heavy atom. The molecule has 0 unspecified atom stereocenters. The molecule has 148 valence electrons. The van der Waals surface area contributed by atoms with Crippen LogP contribution in [0.1, 0.15) is 31.4 Å². The lowest BCUT2D eigenvalue weighted by Crippen LogP contribution is -2.07. The number of halogens is 1. The van der Waals surface area contributed by atoms with Crippen molar-refractivity contribution >= 4 is 51.7 Å². The third-order valence-electron chi connectivity index (χ3n) is 4.70. The van der Waals surface area contributed by atoms with E-state index in [2.05, 4.69) is 0 Å². The van der Waals surface area contributed by atoms with E-state index in [0.717, 1.165) is 10.4 Å². The number of Topliss-reactive ketones (excluding diaryl/α,β-unsaturated/α-hetero) is 1. The molecule has 0 spiro atoms. The molecule has 1 aliphatic heterocycles. The van der Waals surface area contributed by atoms with Gasteiger partial charge in [-0.1, -0.05) is 11.6 Å². The number of benzene rings is 2. The molecular weight excluding hydrogens is 424 g/mol. The molecule has 0 saturated carbocycles. The highest BCUT2D eigenvalue weighted by atomic mass is 35.5. The third kappa shape index (κ3) is 3.30. The van der Waals surface area contributed by atoms with Gasteiger partial charge in [0.25, 0.3) is 0 Å². The maximum atomic E-state index is 12.6. The number of ketones is 1. The van der Waals surface area contributed by atoms with Gasteiger partial charge >= 0.3 is 5.97 Å². The Hall–Kier alpha value is -3.35. The number of thiophene rings is 1. The molecule has 30 heavy (non-hydrogen) atoms. The summed E-state index contributed by atoms with van der Waals surface area (Å²) in [6.45, 7) is 1.97. The van der Waals surface area contributed by atoms with Crippen LogP contribution in [0.3, 0.4) is 0 Å². The molecule has 2 aromatic heterocycles. The average Bonchev–Trinajstić information content (AvgIpc) is 3.40. The highest BCUT2D eigenvalue weighted by Crippen LogP contribution is 2.36. The van der Waals surface area contributed by atoms with E-state index in [0.29, 0.717) is 27.3 Å². The van der Waals surface area contributed by atoms with Gasteiger partial charge in [0.1, 0.15) is 17.1 Å². The number of hydrogen-bond acceptors (Lipinski definition) is 6. The number of ether oxygens (including phenoxy) is 2. The molecule has 0 radical (unpaired) electrons. The van der Waals surface area contributed by atoms with Crippen molar-refractivity contribution in [3.63, 3.8) is 0 Å². The van der Waals surface area contributed by atoms with E-state index < -0.39 is 5.97 Å². The fraction of sp³-hybridized carbons (Fsp3) is 0.0435. The van der Waals surface area contributed by atoms with Crippen LogP contribution in [0, 0.1) is 6.92 Å². The Balaban J connectivity index is 1.38. The summed E-state index contributed by atoms with van der Waals surface area (Å²) in [5, 5.41) is 3.21. The number of furan rings is 1. The van der Waals surface area contributed by atoms with Crippen LogP contribution in [0.5, 0.6) is 11.5 Å². The summed E-state index contributed by atoms with van der Waals surface area (Å²) in [6.07, 6.45) is 1.73. The lowest BCUT2D eigenvalue weighted by molar-refractivity contribution is 0.0703. The number of rotatable bonds is 3. The minimum absolute atomic E-state index is 0.0542. The molecule has 2 aromatic carbocycles. The molecule has 0 bridgehead atoms. The Bertz CT molecular complexity index is 1360. The number of carbonyl (C=O) groups is 2. The predicted octanol–water partition coefficient (Wildman–Crippen LogP) is 6.29. The van der Waals surface area contributed by atoms with Gasteiger partial charge in [0.15, 0.2) is 5.76 Å². The van der Waals surface area contributed by atoms with Crippen LogP contribution in [-0.2, 0) is 0 Å². The van der Waals surface area contributed by atoms with Crippen molar-refractivity contribution in [3.05, 3.63) is 86.5 Å². The van der Waals surface area contributed by atoms with E-state index in [9.17, 15) is 9.59 Å². The molecule has 0 atom stereocenters. The van der Waals surface area contributed by atoms with E-state index >= 15 is 0 Å². The summed E-state index contributed by atoms with van der Waals surface area (Å²) in [6, 6.07) is 13.3. The lowest BCUT2D eigenvalue weighted by Gasteiger charge is -2.04. The molecule has 5 rings (SSSR count). The maximum Gasteiger partial charge on any atom is 0.379 e. The van der Waals surface area contributed by atoms with Crippen molar-refractivity contribution in [2.24, 2.45) is 0 Å². The first kappa shape index (κ1) is 18.7. The number of esters is 1. The second-order valence-corrected chi connectivity index (χ2v) is 8.13. The van der Waals surface area contributed by atoms with Gasteiger partial charge in [-0.25, -0.2) is 4.79 Å². The first-order valence-electron chi connectivity index (χ1n) is 9.01. The highest BCUT2D eigenvalue weighted by Gasteiger charge is 2.28. The van der Waals surface area contributed by atoms with Gasteiger partial charge in [0.05, 0.1) is 5.56 Å². The van der Waals surface area contributed by atoms with Crippen LogP contribution < -0.4 is 9.47 Å². The van der Waals surface area contributed by atoms with Crippen LogP contribution >= 0.6 is 22.9 Å². The summed E-state index contributed by atoms with van der Waals surface area (Å²) < 4.78 is 16.7. The zero-order chi connectivity index (χ0) is 20.8. The van der Waals surface area contributed by atoms with Crippen molar-refractivity contribution in [1.29, 1.82) is 0 Å². The van der Waals surface area contributed by atoms with Gasteiger partial charge in [-0.3, -0.25) is 4.79 Å². The normalized spacial score (nSPS) is 14.2. The van der Waals surface area contributed by atoms with E-state index in [4.69, 9.17) is 25.5 Å². The van der Waals surface area contributed by atoms with Gasteiger partial charge in [-0.15, -0.1) is 11.3 Å². The number of fused-ring (bicyclic) bond motifs is 2. The summed E-state index contributed by atoms with van der Waals surface area (Å²) in [7, 11) is 0. The lowest BCUT2D eigenvalue weighted by atomic mass is 10.1. The van der Waals surface area contributed by atoms with Gasteiger partial charge in [-0.2, -0.15) is 0 Å². The summed E-state index contributed by atoms with van der Waals surface area (Å²) in [4.78, 5) is 26.0. The summed E-state index contributed by atoms with van der Waals surface area (Å²) in [5.74, 6) is 0.0360. The summed E-state index contributed by atoms with van der Waals surface area (Å²) >= 11 is 7.50. The Kier molecular flexibility index (Phi) is 4.46. The fourth-order valence-corrected chi connectivity index (χ4v) is 4.18. The quantitative estimate of drug-likeness (QED) is 0.214. The van der Waals surface area contributed by atoms with Gasteiger partial charge in [0.2, 0.25) is 11.5 Å². The van der Waals surface area contributed by atoms with Crippen LogP contribution in [-0.4, -0.2) is 11.8 Å². The third-order valence-corrected chi connectivity index (χ3v) is 5.90. The highest BCUT2D eigenvalue weighted by molar-refractivity contribution is 7.11. The van der Waals surface area contributed by atoms with Crippen LogP contribution in [0.4, 0.5) is 0 Å². The number of aryl methyl sites for hydroxylation is 1. The van der Waals surface area contributed by atoms with E-state index in [1.165, 1.54) is 17.4 Å². The van der Waals surface area contributed by atoms with Crippen LogP contribution in [0.25, 0.3) is 17.0 Å². The first-order chi connectivity index (χ1) is 14.5. The molecule has 7 heteroatoms. The monoisotopic (exact) mass is 436 g/mol.